The van der Waals surface area contributed by atoms with Crippen LogP contribution >= 0.6 is 15.9 Å². The number of aromatic nitrogens is 3. The number of alkyl halides is 2. The van der Waals surface area contributed by atoms with E-state index in [2.05, 4.69) is 45.5 Å². The van der Waals surface area contributed by atoms with Crippen molar-refractivity contribution in [3.05, 3.63) is 28.5 Å². The van der Waals surface area contributed by atoms with Crippen molar-refractivity contribution < 1.29 is 13.5 Å². The van der Waals surface area contributed by atoms with E-state index in [1.165, 1.54) is 13.3 Å². The summed E-state index contributed by atoms with van der Waals surface area (Å²) in [6.07, 6.45) is -1.47. The van der Waals surface area contributed by atoms with Crippen LogP contribution in [0.5, 0.6) is 5.88 Å². The quantitative estimate of drug-likeness (QED) is 0.735. The Bertz CT molecular complexity index is 671. The first kappa shape index (κ1) is 17.1. The van der Waals surface area contributed by atoms with Crippen molar-refractivity contribution in [3.63, 3.8) is 0 Å². The number of hydrogen-bond acceptors (Lipinski definition) is 3. The van der Waals surface area contributed by atoms with E-state index >= 15 is 0 Å². The smallest absolute Gasteiger partial charge is 0.242 e. The van der Waals surface area contributed by atoms with E-state index in [4.69, 9.17) is 4.74 Å². The first-order valence-corrected chi connectivity index (χ1v) is 11.1. The highest BCUT2D eigenvalue weighted by Gasteiger charge is 2.24. The molecule has 0 saturated carbocycles. The van der Waals surface area contributed by atoms with Gasteiger partial charge in [0, 0.05) is 23.5 Å². The van der Waals surface area contributed by atoms with Gasteiger partial charge < -0.3 is 4.74 Å². The molecule has 0 saturated heterocycles. The molecule has 0 atom stereocenters. The molecule has 0 fully saturated rings. The van der Waals surface area contributed by atoms with E-state index in [1.54, 1.807) is 0 Å². The van der Waals surface area contributed by atoms with Gasteiger partial charge in [-0.15, -0.1) is 0 Å². The van der Waals surface area contributed by atoms with Gasteiger partial charge in [0.1, 0.15) is 0 Å². The van der Waals surface area contributed by atoms with E-state index in [-0.39, 0.29) is 5.88 Å². The lowest BCUT2D eigenvalue weighted by Crippen LogP contribution is -2.42. The summed E-state index contributed by atoms with van der Waals surface area (Å²) in [4.78, 5) is 8.56. The Morgan fingerprint density at radius 2 is 2.00 bits per heavy atom. The Morgan fingerprint density at radius 3 is 2.55 bits per heavy atom. The minimum Gasteiger partial charge on any atom is -0.481 e. The van der Waals surface area contributed by atoms with Gasteiger partial charge in [-0.05, 0) is 28.1 Å². The van der Waals surface area contributed by atoms with Gasteiger partial charge in [0.15, 0.2) is 0 Å². The fourth-order valence-electron chi connectivity index (χ4n) is 2.17. The van der Waals surface area contributed by atoms with Crippen molar-refractivity contribution in [3.8, 4) is 11.8 Å². The topological polar surface area (TPSA) is 39.9 Å². The average molecular weight is 390 g/mol. The van der Waals surface area contributed by atoms with E-state index in [9.17, 15) is 8.78 Å². The molecule has 4 nitrogen and oxygen atoms in total. The molecule has 0 amide bonds. The van der Waals surface area contributed by atoms with Crippen LogP contribution in [0.4, 0.5) is 8.78 Å². The van der Waals surface area contributed by atoms with Crippen LogP contribution in [0.15, 0.2) is 22.9 Å². The maximum absolute atomic E-state index is 12.6. The lowest BCUT2D eigenvalue weighted by molar-refractivity contribution is 0.147. The van der Waals surface area contributed by atoms with Crippen LogP contribution in [0.25, 0.3) is 5.95 Å². The third kappa shape index (κ3) is 3.54. The molecule has 2 rings (SSSR count). The minimum absolute atomic E-state index is 0.187. The Morgan fingerprint density at radius 1 is 1.32 bits per heavy atom. The van der Waals surface area contributed by atoms with Gasteiger partial charge in [-0.2, -0.15) is 4.98 Å². The standard InChI is InChI=1S/C14H18BrF2N3OSi/c1-21-13-9(7-11(16)17)8-18-14(19-13)20-10(15)5-6-12(20)22(2,3)4/h5-6,8,11H,7H2,1-4H3. The highest BCUT2D eigenvalue weighted by molar-refractivity contribution is 9.10. The molecule has 0 unspecified atom stereocenters. The summed E-state index contributed by atoms with van der Waals surface area (Å²) in [5.74, 6) is 0.608. The second kappa shape index (κ2) is 6.45. The van der Waals surface area contributed by atoms with Gasteiger partial charge in [-0.1, -0.05) is 19.6 Å². The molecule has 0 radical (unpaired) electrons. The molecular formula is C14H18BrF2N3OSi. The zero-order chi connectivity index (χ0) is 16.5. The summed E-state index contributed by atoms with van der Waals surface area (Å²) >= 11 is 3.50. The van der Waals surface area contributed by atoms with Crippen molar-refractivity contribution in [2.24, 2.45) is 0 Å². The van der Waals surface area contributed by atoms with Gasteiger partial charge in [0.05, 0.1) is 19.8 Å². The van der Waals surface area contributed by atoms with Crippen molar-refractivity contribution in [2.45, 2.75) is 32.5 Å². The van der Waals surface area contributed by atoms with Gasteiger partial charge in [-0.3, -0.25) is 4.57 Å². The van der Waals surface area contributed by atoms with Gasteiger partial charge in [0.25, 0.3) is 0 Å². The van der Waals surface area contributed by atoms with Crippen molar-refractivity contribution in [1.29, 1.82) is 0 Å². The highest BCUT2D eigenvalue weighted by atomic mass is 79.9. The molecule has 0 N–H and O–H groups in total. The van der Waals surface area contributed by atoms with Crippen LogP contribution in [-0.4, -0.2) is 36.1 Å². The first-order valence-electron chi connectivity index (χ1n) is 6.80. The van der Waals surface area contributed by atoms with Crippen LogP contribution < -0.4 is 10.1 Å². The molecular weight excluding hydrogens is 372 g/mol. The Labute approximate surface area is 137 Å². The molecule has 0 aromatic carbocycles. The molecule has 2 aromatic heterocycles. The molecule has 2 heterocycles. The van der Waals surface area contributed by atoms with E-state index in [1.807, 2.05) is 16.7 Å². The fourth-order valence-corrected chi connectivity index (χ4v) is 4.29. The fraction of sp³-hybridized carbons (Fsp3) is 0.429. The van der Waals surface area contributed by atoms with Crippen molar-refractivity contribution in [2.75, 3.05) is 7.11 Å². The third-order valence-corrected chi connectivity index (χ3v) is 5.73. The van der Waals surface area contributed by atoms with Gasteiger partial charge in [0.2, 0.25) is 18.3 Å². The molecule has 2 aromatic rings. The highest BCUT2D eigenvalue weighted by Crippen LogP contribution is 2.22. The molecule has 8 heteroatoms. The van der Waals surface area contributed by atoms with E-state index < -0.39 is 20.9 Å². The van der Waals surface area contributed by atoms with Gasteiger partial charge in [-0.25, -0.2) is 13.8 Å². The zero-order valence-corrected chi connectivity index (χ0v) is 15.5. The van der Waals surface area contributed by atoms with Crippen LogP contribution in [0.3, 0.4) is 0 Å². The molecule has 0 aliphatic carbocycles. The molecule has 0 aliphatic heterocycles. The number of halogens is 3. The maximum atomic E-state index is 12.6. The summed E-state index contributed by atoms with van der Waals surface area (Å²) in [5, 5.41) is 1.14. The second-order valence-electron chi connectivity index (χ2n) is 5.93. The Kier molecular flexibility index (Phi) is 5.01. The first-order chi connectivity index (χ1) is 10.2. The van der Waals surface area contributed by atoms with Gasteiger partial charge >= 0.3 is 0 Å². The number of ether oxygens (including phenoxy) is 1. The predicted molar refractivity (Wildman–Crippen MR) is 88.3 cm³/mol. The Balaban J connectivity index is 2.53. The maximum Gasteiger partial charge on any atom is 0.242 e. The SMILES string of the molecule is COc1nc(-n2c(Br)ccc2[Si](C)(C)C)ncc1CC(F)F. The predicted octanol–water partition coefficient (Wildman–Crippen LogP) is 3.39. The van der Waals surface area contributed by atoms with Crippen molar-refractivity contribution in [1.82, 2.24) is 14.5 Å². The normalized spacial score (nSPS) is 12.0. The third-order valence-electron chi connectivity index (χ3n) is 3.18. The number of hydrogen-bond donors (Lipinski definition) is 0. The monoisotopic (exact) mass is 389 g/mol. The Hall–Kier alpha value is -1.28. The lowest BCUT2D eigenvalue weighted by Gasteiger charge is -2.20. The number of nitrogens with zero attached hydrogens (tertiary/aromatic N) is 3. The largest absolute Gasteiger partial charge is 0.481 e. The summed E-state index contributed by atoms with van der Waals surface area (Å²) in [5.41, 5.74) is 0.305. The van der Waals surface area contributed by atoms with Crippen LogP contribution in [0, 0.1) is 0 Å². The van der Waals surface area contributed by atoms with Crippen LogP contribution in [0.2, 0.25) is 19.6 Å². The number of rotatable bonds is 5. The molecule has 120 valence electrons. The lowest BCUT2D eigenvalue weighted by atomic mass is 10.2. The summed E-state index contributed by atoms with van der Waals surface area (Å²) in [6, 6.07) is 3.98. The summed E-state index contributed by atoms with van der Waals surface area (Å²) < 4.78 is 33.0. The van der Waals surface area contributed by atoms with Crippen LogP contribution in [0.1, 0.15) is 5.56 Å². The minimum atomic E-state index is -2.46. The second-order valence-corrected chi connectivity index (χ2v) is 11.8. The average Bonchev–Trinajstić information content (AvgIpc) is 2.80. The van der Waals surface area contributed by atoms with E-state index in [0.717, 1.165) is 9.92 Å². The van der Waals surface area contributed by atoms with Crippen LogP contribution in [-0.2, 0) is 6.42 Å². The van der Waals surface area contributed by atoms with E-state index in [0.29, 0.717) is 11.5 Å². The zero-order valence-electron chi connectivity index (χ0n) is 12.9. The van der Waals surface area contributed by atoms with Crippen molar-refractivity contribution >= 4 is 29.3 Å². The molecule has 22 heavy (non-hydrogen) atoms. The molecule has 0 spiro atoms. The number of methoxy groups -OCH3 is 1. The molecule has 0 aliphatic rings. The summed E-state index contributed by atoms with van der Waals surface area (Å²) in [6.45, 7) is 6.65. The summed E-state index contributed by atoms with van der Waals surface area (Å²) in [7, 11) is -0.193. The molecule has 0 bridgehead atoms.